The van der Waals surface area contributed by atoms with Crippen LogP contribution in [0.1, 0.15) is 0 Å². The van der Waals surface area contributed by atoms with E-state index >= 15 is 0 Å². The van der Waals surface area contributed by atoms with Crippen molar-refractivity contribution >= 4 is 56.1 Å². The Bertz CT molecular complexity index is 1580. The molecule has 33 heavy (non-hydrogen) atoms. The van der Waals surface area contributed by atoms with Gasteiger partial charge < -0.3 is 10.5 Å². The fourth-order valence-corrected chi connectivity index (χ4v) is 5.46. The molecule has 2 N–H and O–H groups in total. The summed E-state index contributed by atoms with van der Waals surface area (Å²) in [5.74, 6) is 0. The summed E-state index contributed by atoms with van der Waals surface area (Å²) in [4.78, 5) is 0. The molecule has 0 aromatic heterocycles. The molecule has 0 radical (unpaired) electrons. The number of fused-ring (bicyclic) bond motifs is 2. The minimum Gasteiger partial charge on any atom is -0.405 e. The maximum Gasteiger partial charge on any atom is 0.407 e. The Kier molecular flexibility index (Phi) is 3.97. The Labute approximate surface area is 193 Å². The van der Waals surface area contributed by atoms with Gasteiger partial charge in [0, 0.05) is 16.8 Å². The van der Waals surface area contributed by atoms with Crippen LogP contribution in [0.2, 0.25) is 0 Å². The van der Waals surface area contributed by atoms with Crippen molar-refractivity contribution in [1.29, 1.82) is 0 Å². The number of hydrogen-bond acceptors (Lipinski definition) is 2. The molecule has 0 amide bonds. The van der Waals surface area contributed by atoms with Crippen LogP contribution in [0.5, 0.6) is 0 Å². The molecule has 1 aliphatic rings. The molecule has 0 saturated heterocycles. The van der Waals surface area contributed by atoms with E-state index in [9.17, 15) is 0 Å². The highest BCUT2D eigenvalue weighted by Crippen LogP contribution is 2.38. The van der Waals surface area contributed by atoms with Gasteiger partial charge in [-0.3, -0.25) is 0 Å². The lowest BCUT2D eigenvalue weighted by Crippen LogP contribution is -2.48. The minimum absolute atomic E-state index is 0.0369. The van der Waals surface area contributed by atoms with Crippen LogP contribution in [0.4, 0.5) is 11.4 Å². The molecule has 0 fully saturated rings. The first-order valence-electron chi connectivity index (χ1n) is 11.4. The summed E-state index contributed by atoms with van der Waals surface area (Å²) in [6, 6.07) is 41.3. The summed E-state index contributed by atoms with van der Waals surface area (Å²) in [5.41, 5.74) is 6.17. The van der Waals surface area contributed by atoms with Gasteiger partial charge in [-0.25, -0.2) is 0 Å². The van der Waals surface area contributed by atoms with Gasteiger partial charge in [-0.05, 0) is 55.7 Å². The summed E-state index contributed by atoms with van der Waals surface area (Å²) in [6.07, 6.45) is 0. The average molecular weight is 420 g/mol. The minimum atomic E-state index is -0.0369. The topological polar surface area (TPSA) is 24.1 Å². The van der Waals surface area contributed by atoms with Crippen LogP contribution < -0.4 is 15.9 Å². The van der Waals surface area contributed by atoms with Gasteiger partial charge in [-0.2, -0.15) is 0 Å². The van der Waals surface area contributed by atoms with Crippen molar-refractivity contribution < 1.29 is 0 Å². The monoisotopic (exact) mass is 420 g/mol. The third-order valence-corrected chi connectivity index (χ3v) is 6.83. The molecule has 3 heteroatoms. The molecule has 0 unspecified atom stereocenters. The summed E-state index contributed by atoms with van der Waals surface area (Å²) < 4.78 is 0. The Morgan fingerprint density at radius 3 is 1.55 bits per heavy atom. The molecule has 154 valence electrons. The van der Waals surface area contributed by atoms with E-state index in [1.54, 1.807) is 0 Å². The first-order valence-corrected chi connectivity index (χ1v) is 11.4. The molecule has 2 nitrogen and oxygen atoms in total. The van der Waals surface area contributed by atoms with Crippen LogP contribution in [0.3, 0.4) is 0 Å². The van der Waals surface area contributed by atoms with Gasteiger partial charge >= 0.3 is 6.98 Å². The first-order chi connectivity index (χ1) is 16.4. The molecule has 1 aliphatic heterocycles. The lowest BCUT2D eigenvalue weighted by Gasteiger charge is -2.29. The Morgan fingerprint density at radius 1 is 0.455 bits per heavy atom. The highest BCUT2D eigenvalue weighted by molar-refractivity contribution is 6.84. The highest BCUT2D eigenvalue weighted by atomic mass is 15.0. The second-order valence-corrected chi connectivity index (χ2v) is 8.68. The number of rotatable bonds is 2. The van der Waals surface area contributed by atoms with E-state index in [0.29, 0.717) is 0 Å². The zero-order valence-electron chi connectivity index (χ0n) is 18.0. The molecular formula is C30H21BN2. The van der Waals surface area contributed by atoms with E-state index in [4.69, 9.17) is 0 Å². The van der Waals surface area contributed by atoms with E-state index in [1.807, 2.05) is 0 Å². The van der Waals surface area contributed by atoms with Gasteiger partial charge in [-0.15, -0.1) is 0 Å². The predicted molar refractivity (Wildman–Crippen MR) is 143 cm³/mol. The molecule has 0 aliphatic carbocycles. The number of nitrogens with one attached hydrogen (secondary N) is 2. The number of benzene rings is 6. The standard InChI is InChI=1S/C30H21BN2/c1-2-10-20(11-3-1)28-22-14-4-6-16-24(22)30(25-17-7-5-15-23(25)28)31-32-26-18-8-12-21-13-9-19-27(33-31)29(21)26/h1-19,32-33H. The van der Waals surface area contributed by atoms with Gasteiger partial charge in [0.1, 0.15) is 0 Å². The van der Waals surface area contributed by atoms with E-state index in [0.717, 1.165) is 0 Å². The smallest absolute Gasteiger partial charge is 0.405 e. The molecular weight excluding hydrogens is 399 g/mol. The van der Waals surface area contributed by atoms with Crippen molar-refractivity contribution in [3.05, 3.63) is 115 Å². The third-order valence-electron chi connectivity index (χ3n) is 6.83. The zero-order valence-corrected chi connectivity index (χ0v) is 18.0. The van der Waals surface area contributed by atoms with Crippen LogP contribution in [-0.4, -0.2) is 6.98 Å². The molecule has 6 aromatic carbocycles. The van der Waals surface area contributed by atoms with Crippen molar-refractivity contribution in [2.24, 2.45) is 0 Å². The predicted octanol–water partition coefficient (Wildman–Crippen LogP) is 7.05. The maximum atomic E-state index is 3.81. The summed E-state index contributed by atoms with van der Waals surface area (Å²) in [6.45, 7) is -0.0369. The number of hydrogen-bond donors (Lipinski definition) is 2. The summed E-state index contributed by atoms with van der Waals surface area (Å²) >= 11 is 0. The fourth-order valence-electron chi connectivity index (χ4n) is 5.46. The molecule has 7 rings (SSSR count). The van der Waals surface area contributed by atoms with Crippen LogP contribution in [-0.2, 0) is 0 Å². The van der Waals surface area contributed by atoms with Crippen LogP contribution in [0.25, 0.3) is 43.4 Å². The average Bonchev–Trinajstić information content (AvgIpc) is 2.88. The number of anilines is 2. The first kappa shape index (κ1) is 18.3. The summed E-state index contributed by atoms with van der Waals surface area (Å²) in [5, 5.41) is 15.2. The van der Waals surface area contributed by atoms with E-state index < -0.39 is 0 Å². The Balaban J connectivity index is 1.54. The quantitative estimate of drug-likeness (QED) is 0.232. The van der Waals surface area contributed by atoms with Crippen molar-refractivity contribution in [3.63, 3.8) is 0 Å². The molecule has 1 heterocycles. The van der Waals surface area contributed by atoms with Crippen LogP contribution in [0.15, 0.2) is 115 Å². The van der Waals surface area contributed by atoms with Crippen molar-refractivity contribution in [2.75, 3.05) is 10.5 Å². The largest absolute Gasteiger partial charge is 0.407 e. The van der Waals surface area contributed by atoms with Crippen molar-refractivity contribution in [2.45, 2.75) is 0 Å². The zero-order chi connectivity index (χ0) is 21.8. The normalized spacial score (nSPS) is 12.7. The van der Waals surface area contributed by atoms with Gasteiger partial charge in [0.25, 0.3) is 0 Å². The Morgan fingerprint density at radius 2 is 0.970 bits per heavy atom. The van der Waals surface area contributed by atoms with Gasteiger partial charge in [0.2, 0.25) is 0 Å². The van der Waals surface area contributed by atoms with Gasteiger partial charge in [0.05, 0.1) is 0 Å². The Hall–Kier alpha value is -4.24. The lowest BCUT2D eigenvalue weighted by molar-refractivity contribution is 1.61. The van der Waals surface area contributed by atoms with Crippen molar-refractivity contribution in [3.8, 4) is 11.1 Å². The van der Waals surface area contributed by atoms with E-state index in [2.05, 4.69) is 126 Å². The molecule has 0 spiro atoms. The molecule has 0 atom stereocenters. The second kappa shape index (κ2) is 7.14. The third kappa shape index (κ3) is 2.76. The molecule has 0 bridgehead atoms. The molecule has 6 aromatic rings. The van der Waals surface area contributed by atoms with Crippen LogP contribution >= 0.6 is 0 Å². The van der Waals surface area contributed by atoms with E-state index in [-0.39, 0.29) is 6.98 Å². The second-order valence-electron chi connectivity index (χ2n) is 8.68. The van der Waals surface area contributed by atoms with Gasteiger partial charge in [0.15, 0.2) is 0 Å². The van der Waals surface area contributed by atoms with Crippen molar-refractivity contribution in [1.82, 2.24) is 0 Å². The molecule has 0 saturated carbocycles. The SMILES string of the molecule is c1ccc(-c2c3ccccc3c(B3Nc4cccc5cccc(c45)N3)c3ccccc23)cc1. The van der Waals surface area contributed by atoms with Gasteiger partial charge in [-0.1, -0.05) is 103 Å². The fraction of sp³-hybridized carbons (Fsp3) is 0. The summed E-state index contributed by atoms with van der Waals surface area (Å²) in [7, 11) is 0. The highest BCUT2D eigenvalue weighted by Gasteiger charge is 2.29. The van der Waals surface area contributed by atoms with E-state index in [1.165, 1.54) is 60.3 Å². The maximum absolute atomic E-state index is 3.81. The van der Waals surface area contributed by atoms with Crippen LogP contribution in [0, 0.1) is 0 Å². The lowest BCUT2D eigenvalue weighted by atomic mass is 9.62.